The third kappa shape index (κ3) is 3.27. The summed E-state index contributed by atoms with van der Waals surface area (Å²) in [5.41, 5.74) is 1.60. The Morgan fingerprint density at radius 1 is 1.14 bits per heavy atom. The van der Waals surface area contributed by atoms with Crippen LogP contribution < -0.4 is 0 Å². The summed E-state index contributed by atoms with van der Waals surface area (Å²) < 4.78 is 17.0. The van der Waals surface area contributed by atoms with Gasteiger partial charge in [0.15, 0.2) is 0 Å². The number of hydrogen-bond donors (Lipinski definition) is 0. The lowest BCUT2D eigenvalue weighted by molar-refractivity contribution is 0.600. The first-order valence-electron chi connectivity index (χ1n) is 6.34. The highest BCUT2D eigenvalue weighted by atomic mass is 127. The molecule has 0 spiro atoms. The summed E-state index contributed by atoms with van der Waals surface area (Å²) >= 11 is 8.04. The van der Waals surface area contributed by atoms with Crippen LogP contribution in [0, 0.1) is 9.39 Å². The van der Waals surface area contributed by atoms with E-state index in [-0.39, 0.29) is 5.82 Å². The zero-order valence-corrected chi connectivity index (χ0v) is 13.8. The number of nitrogens with zero attached hydrogens (tertiary/aromatic N) is 2. The third-order valence-corrected chi connectivity index (χ3v) is 4.13. The molecule has 0 saturated carbocycles. The molecule has 0 amide bonds. The van der Waals surface area contributed by atoms with Crippen molar-refractivity contribution >= 4 is 34.2 Å². The zero-order chi connectivity index (χ0) is 14.8. The lowest BCUT2D eigenvalue weighted by atomic mass is 10.2. The predicted octanol–water partition coefficient (Wildman–Crippen LogP) is 5.00. The topological polar surface area (TPSA) is 17.8 Å². The second-order valence-electron chi connectivity index (χ2n) is 4.62. The summed E-state index contributed by atoms with van der Waals surface area (Å²) in [6.07, 6.45) is 3.57. The van der Waals surface area contributed by atoms with Gasteiger partial charge in [-0.15, -0.1) is 0 Å². The van der Waals surface area contributed by atoms with Gasteiger partial charge in [-0.1, -0.05) is 29.8 Å². The summed E-state index contributed by atoms with van der Waals surface area (Å²) in [6, 6.07) is 12.8. The molecule has 0 atom stereocenters. The van der Waals surface area contributed by atoms with Crippen LogP contribution in [0.1, 0.15) is 5.56 Å². The lowest BCUT2D eigenvalue weighted by Gasteiger charge is -2.09. The second-order valence-corrected chi connectivity index (χ2v) is 6.30. The molecule has 0 N–H and O–H groups in total. The Balaban J connectivity index is 1.94. The molecule has 0 fully saturated rings. The fraction of sp³-hybridized carbons (Fsp3) is 0.0625. The molecule has 0 saturated heterocycles. The van der Waals surface area contributed by atoms with Gasteiger partial charge in [-0.3, -0.25) is 0 Å². The number of benzene rings is 2. The van der Waals surface area contributed by atoms with Gasteiger partial charge in [0.1, 0.15) is 11.6 Å². The molecule has 0 bridgehead atoms. The van der Waals surface area contributed by atoms with Gasteiger partial charge in [-0.2, -0.15) is 0 Å². The second kappa shape index (κ2) is 6.15. The Morgan fingerprint density at radius 2 is 1.90 bits per heavy atom. The normalized spacial score (nSPS) is 10.8. The van der Waals surface area contributed by atoms with Crippen LogP contribution in [0.15, 0.2) is 54.9 Å². The molecule has 2 aromatic carbocycles. The number of rotatable bonds is 3. The number of aromatic nitrogens is 2. The molecule has 0 aliphatic heterocycles. The van der Waals surface area contributed by atoms with E-state index in [1.165, 1.54) is 9.64 Å². The maximum absolute atomic E-state index is 13.9. The van der Waals surface area contributed by atoms with Crippen LogP contribution in [0.2, 0.25) is 5.02 Å². The molecule has 106 valence electrons. The van der Waals surface area contributed by atoms with Crippen molar-refractivity contribution in [3.05, 3.63) is 74.8 Å². The quantitative estimate of drug-likeness (QED) is 0.554. The standard InChI is InChI=1S/C16H11ClFIN2/c17-13-4-1-12(15(18)9-13)10-21-8-7-20-16(21)11-2-5-14(19)6-3-11/h1-9H,10H2. The highest BCUT2D eigenvalue weighted by molar-refractivity contribution is 14.1. The molecule has 2 nitrogen and oxygen atoms in total. The molecule has 21 heavy (non-hydrogen) atoms. The van der Waals surface area contributed by atoms with Crippen LogP contribution in [0.5, 0.6) is 0 Å². The van der Waals surface area contributed by atoms with E-state index in [9.17, 15) is 4.39 Å². The van der Waals surface area contributed by atoms with Crippen LogP contribution in [0.3, 0.4) is 0 Å². The Bertz CT molecular complexity index is 768. The van der Waals surface area contributed by atoms with Gasteiger partial charge in [0.25, 0.3) is 0 Å². The van der Waals surface area contributed by atoms with E-state index in [2.05, 4.69) is 27.6 Å². The maximum Gasteiger partial charge on any atom is 0.140 e. The summed E-state index contributed by atoms with van der Waals surface area (Å²) in [7, 11) is 0. The first kappa shape index (κ1) is 14.5. The molecule has 0 aliphatic carbocycles. The van der Waals surface area contributed by atoms with Crippen LogP contribution in [-0.2, 0) is 6.54 Å². The summed E-state index contributed by atoms with van der Waals surface area (Å²) in [5, 5.41) is 0.403. The van der Waals surface area contributed by atoms with Crippen molar-refractivity contribution in [3.8, 4) is 11.4 Å². The minimum Gasteiger partial charge on any atom is -0.326 e. The number of halogens is 3. The highest BCUT2D eigenvalue weighted by Crippen LogP contribution is 2.21. The third-order valence-electron chi connectivity index (χ3n) is 3.17. The fourth-order valence-electron chi connectivity index (χ4n) is 2.13. The highest BCUT2D eigenvalue weighted by Gasteiger charge is 2.09. The first-order chi connectivity index (χ1) is 10.1. The largest absolute Gasteiger partial charge is 0.326 e. The molecular weight excluding hydrogens is 402 g/mol. The summed E-state index contributed by atoms with van der Waals surface area (Å²) in [6.45, 7) is 0.421. The van der Waals surface area contributed by atoms with Crippen LogP contribution in [0.4, 0.5) is 4.39 Å². The lowest BCUT2D eigenvalue weighted by Crippen LogP contribution is -2.03. The predicted molar refractivity (Wildman–Crippen MR) is 90.9 cm³/mol. The number of hydrogen-bond acceptors (Lipinski definition) is 1. The molecule has 1 aromatic heterocycles. The molecule has 3 aromatic rings. The van der Waals surface area contributed by atoms with E-state index in [1.807, 2.05) is 35.0 Å². The molecule has 0 unspecified atom stereocenters. The molecule has 0 radical (unpaired) electrons. The average Bonchev–Trinajstić information content (AvgIpc) is 2.91. The van der Waals surface area contributed by atoms with E-state index in [4.69, 9.17) is 11.6 Å². The smallest absolute Gasteiger partial charge is 0.140 e. The van der Waals surface area contributed by atoms with Crippen LogP contribution in [-0.4, -0.2) is 9.55 Å². The molecule has 1 heterocycles. The van der Waals surface area contributed by atoms with Crippen molar-refractivity contribution in [2.75, 3.05) is 0 Å². The zero-order valence-electron chi connectivity index (χ0n) is 10.9. The van der Waals surface area contributed by atoms with Crippen molar-refractivity contribution in [3.63, 3.8) is 0 Å². The van der Waals surface area contributed by atoms with Crippen LogP contribution >= 0.6 is 34.2 Å². The van der Waals surface area contributed by atoms with Gasteiger partial charge in [-0.25, -0.2) is 9.37 Å². The molecular formula is C16H11ClFIN2. The Kier molecular flexibility index (Phi) is 4.26. The van der Waals surface area contributed by atoms with E-state index >= 15 is 0 Å². The van der Waals surface area contributed by atoms with Gasteiger partial charge < -0.3 is 4.57 Å². The van der Waals surface area contributed by atoms with Gasteiger partial charge in [0.05, 0.1) is 6.54 Å². The monoisotopic (exact) mass is 412 g/mol. The van der Waals surface area contributed by atoms with Gasteiger partial charge in [0.2, 0.25) is 0 Å². The minimum absolute atomic E-state index is 0.301. The Hall–Kier alpha value is -1.40. The molecule has 3 rings (SSSR count). The minimum atomic E-state index is -0.301. The summed E-state index contributed by atoms with van der Waals surface area (Å²) in [4.78, 5) is 4.37. The van der Waals surface area contributed by atoms with Gasteiger partial charge >= 0.3 is 0 Å². The average molecular weight is 413 g/mol. The van der Waals surface area contributed by atoms with Crippen molar-refractivity contribution in [2.24, 2.45) is 0 Å². The number of imidazole rings is 1. The van der Waals surface area contributed by atoms with E-state index < -0.39 is 0 Å². The molecule has 5 heteroatoms. The van der Waals surface area contributed by atoms with Crippen molar-refractivity contribution in [1.82, 2.24) is 9.55 Å². The Labute approximate surface area is 140 Å². The van der Waals surface area contributed by atoms with E-state index in [0.717, 1.165) is 11.4 Å². The van der Waals surface area contributed by atoms with Crippen LogP contribution in [0.25, 0.3) is 11.4 Å². The van der Waals surface area contributed by atoms with E-state index in [0.29, 0.717) is 17.1 Å². The van der Waals surface area contributed by atoms with Crippen molar-refractivity contribution in [2.45, 2.75) is 6.54 Å². The maximum atomic E-state index is 13.9. The van der Waals surface area contributed by atoms with Crippen molar-refractivity contribution in [1.29, 1.82) is 0 Å². The Morgan fingerprint density at radius 3 is 2.62 bits per heavy atom. The molecule has 0 aliphatic rings. The van der Waals surface area contributed by atoms with Gasteiger partial charge in [0, 0.05) is 32.1 Å². The van der Waals surface area contributed by atoms with E-state index in [1.54, 1.807) is 18.3 Å². The summed E-state index contributed by atoms with van der Waals surface area (Å²) in [5.74, 6) is 0.519. The van der Waals surface area contributed by atoms with Gasteiger partial charge in [-0.05, 0) is 46.9 Å². The van der Waals surface area contributed by atoms with Crippen molar-refractivity contribution < 1.29 is 4.39 Å². The SMILES string of the molecule is Fc1cc(Cl)ccc1Cn1ccnc1-c1ccc(I)cc1. The fourth-order valence-corrected chi connectivity index (χ4v) is 2.65. The first-order valence-corrected chi connectivity index (χ1v) is 7.80.